The maximum Gasteiger partial charge on any atom is 0.122 e. The van der Waals surface area contributed by atoms with Crippen molar-refractivity contribution < 1.29 is 14.6 Å². The van der Waals surface area contributed by atoms with E-state index in [2.05, 4.69) is 0 Å². The second-order valence-corrected chi connectivity index (χ2v) is 4.65. The van der Waals surface area contributed by atoms with Crippen molar-refractivity contribution >= 4 is 0 Å². The third-order valence-electron chi connectivity index (χ3n) is 2.54. The van der Waals surface area contributed by atoms with Gasteiger partial charge in [0.05, 0.1) is 12.7 Å². The molecule has 102 valence electrons. The Morgan fingerprint density at radius 1 is 1.28 bits per heavy atom. The molecule has 1 aromatic carbocycles. The molecule has 1 unspecified atom stereocenters. The minimum atomic E-state index is -0.617. The first kappa shape index (κ1) is 15.0. The fourth-order valence-corrected chi connectivity index (χ4v) is 1.46. The molecular weight excluding hydrogens is 230 g/mol. The van der Waals surface area contributed by atoms with Gasteiger partial charge in [-0.05, 0) is 38.0 Å². The van der Waals surface area contributed by atoms with E-state index in [1.54, 1.807) is 0 Å². The van der Waals surface area contributed by atoms with Crippen LogP contribution >= 0.6 is 0 Å². The summed E-state index contributed by atoms with van der Waals surface area (Å²) in [4.78, 5) is 0. The smallest absolute Gasteiger partial charge is 0.122 e. The average molecular weight is 253 g/mol. The van der Waals surface area contributed by atoms with Gasteiger partial charge in [-0.15, -0.1) is 0 Å². The lowest BCUT2D eigenvalue weighted by Gasteiger charge is -2.16. The van der Waals surface area contributed by atoms with Gasteiger partial charge in [0.15, 0.2) is 0 Å². The lowest BCUT2D eigenvalue weighted by atomic mass is 10.1. The Labute approximate surface area is 109 Å². The molecule has 0 heterocycles. The normalized spacial score (nSPS) is 12.8. The van der Waals surface area contributed by atoms with E-state index in [4.69, 9.17) is 15.2 Å². The lowest BCUT2D eigenvalue weighted by molar-refractivity contribution is -0.0123. The molecule has 0 aliphatic rings. The monoisotopic (exact) mass is 253 g/mol. The third kappa shape index (κ3) is 5.04. The standard InChI is InChI=1S/C14H23NO3/c1-10(2)17-8-13(16)9-18-14-6-12(7-15)5-4-11(14)3/h4-6,10,13,16H,7-9,15H2,1-3H3. The van der Waals surface area contributed by atoms with E-state index in [1.165, 1.54) is 0 Å². The highest BCUT2D eigenvalue weighted by Gasteiger charge is 2.08. The van der Waals surface area contributed by atoms with Crippen LogP contribution in [0.1, 0.15) is 25.0 Å². The summed E-state index contributed by atoms with van der Waals surface area (Å²) < 4.78 is 10.9. The van der Waals surface area contributed by atoms with Crippen LogP contribution in [0.4, 0.5) is 0 Å². The topological polar surface area (TPSA) is 64.7 Å². The molecule has 18 heavy (non-hydrogen) atoms. The van der Waals surface area contributed by atoms with E-state index >= 15 is 0 Å². The van der Waals surface area contributed by atoms with Gasteiger partial charge in [0.25, 0.3) is 0 Å². The van der Waals surface area contributed by atoms with Crippen molar-refractivity contribution in [2.75, 3.05) is 13.2 Å². The van der Waals surface area contributed by atoms with E-state index in [0.717, 1.165) is 16.9 Å². The molecular formula is C14H23NO3. The third-order valence-corrected chi connectivity index (χ3v) is 2.54. The summed E-state index contributed by atoms with van der Waals surface area (Å²) in [6.07, 6.45) is -0.504. The Morgan fingerprint density at radius 3 is 2.61 bits per heavy atom. The van der Waals surface area contributed by atoms with Gasteiger partial charge in [-0.1, -0.05) is 12.1 Å². The lowest BCUT2D eigenvalue weighted by Crippen LogP contribution is -2.25. The van der Waals surface area contributed by atoms with Crippen LogP contribution in [0.25, 0.3) is 0 Å². The molecule has 0 radical (unpaired) electrons. The average Bonchev–Trinajstić information content (AvgIpc) is 2.35. The van der Waals surface area contributed by atoms with Crippen molar-refractivity contribution in [3.8, 4) is 5.75 Å². The van der Waals surface area contributed by atoms with Crippen molar-refractivity contribution in [1.82, 2.24) is 0 Å². The highest BCUT2D eigenvalue weighted by Crippen LogP contribution is 2.19. The second-order valence-electron chi connectivity index (χ2n) is 4.65. The van der Waals surface area contributed by atoms with E-state index in [9.17, 15) is 5.11 Å². The molecule has 3 N–H and O–H groups in total. The second kappa shape index (κ2) is 7.36. The number of aliphatic hydroxyl groups excluding tert-OH is 1. The Kier molecular flexibility index (Phi) is 6.12. The highest BCUT2D eigenvalue weighted by molar-refractivity contribution is 5.36. The Morgan fingerprint density at radius 2 is 2.00 bits per heavy atom. The Balaban J connectivity index is 2.47. The van der Waals surface area contributed by atoms with Crippen LogP contribution in [0, 0.1) is 6.92 Å². The van der Waals surface area contributed by atoms with Gasteiger partial charge in [0, 0.05) is 6.54 Å². The molecule has 4 nitrogen and oxygen atoms in total. The van der Waals surface area contributed by atoms with Crippen molar-refractivity contribution in [2.24, 2.45) is 5.73 Å². The van der Waals surface area contributed by atoms with Gasteiger partial charge < -0.3 is 20.3 Å². The molecule has 1 aromatic rings. The largest absolute Gasteiger partial charge is 0.491 e. The summed E-state index contributed by atoms with van der Waals surface area (Å²) in [5.41, 5.74) is 7.63. The van der Waals surface area contributed by atoms with E-state index in [1.807, 2.05) is 39.0 Å². The SMILES string of the molecule is Cc1ccc(CN)cc1OCC(O)COC(C)C. The zero-order valence-electron chi connectivity index (χ0n) is 11.3. The fourth-order valence-electron chi connectivity index (χ4n) is 1.46. The Bertz CT molecular complexity index is 366. The molecule has 0 amide bonds. The summed E-state index contributed by atoms with van der Waals surface area (Å²) in [5, 5.41) is 9.70. The first-order chi connectivity index (χ1) is 8.52. The van der Waals surface area contributed by atoms with Crippen molar-refractivity contribution in [1.29, 1.82) is 0 Å². The van der Waals surface area contributed by atoms with E-state index in [-0.39, 0.29) is 19.3 Å². The molecule has 1 rings (SSSR count). The molecule has 0 fully saturated rings. The van der Waals surface area contributed by atoms with Gasteiger partial charge in [-0.3, -0.25) is 0 Å². The minimum Gasteiger partial charge on any atom is -0.491 e. The molecule has 0 bridgehead atoms. The van der Waals surface area contributed by atoms with Crippen molar-refractivity contribution in [3.63, 3.8) is 0 Å². The number of rotatable bonds is 7. The van der Waals surface area contributed by atoms with Gasteiger partial charge in [-0.25, -0.2) is 0 Å². The first-order valence-electron chi connectivity index (χ1n) is 6.25. The molecule has 4 heteroatoms. The highest BCUT2D eigenvalue weighted by atomic mass is 16.5. The number of ether oxygens (including phenoxy) is 2. The molecule has 0 aromatic heterocycles. The summed E-state index contributed by atoms with van der Waals surface area (Å²) in [6.45, 7) is 6.82. The molecule has 1 atom stereocenters. The zero-order valence-corrected chi connectivity index (χ0v) is 11.3. The predicted molar refractivity (Wildman–Crippen MR) is 71.7 cm³/mol. The number of nitrogens with two attached hydrogens (primary N) is 1. The van der Waals surface area contributed by atoms with Crippen LogP contribution in [-0.4, -0.2) is 30.5 Å². The maximum atomic E-state index is 9.70. The van der Waals surface area contributed by atoms with Crippen LogP contribution in [0.15, 0.2) is 18.2 Å². The Hall–Kier alpha value is -1.10. The van der Waals surface area contributed by atoms with Gasteiger partial charge in [-0.2, -0.15) is 0 Å². The van der Waals surface area contributed by atoms with Crippen LogP contribution in [-0.2, 0) is 11.3 Å². The number of hydrogen-bond acceptors (Lipinski definition) is 4. The van der Waals surface area contributed by atoms with E-state index < -0.39 is 6.10 Å². The molecule has 0 aliphatic carbocycles. The predicted octanol–water partition coefficient (Wildman–Crippen LogP) is 1.62. The molecule has 0 saturated carbocycles. The summed E-state index contributed by atoms with van der Waals surface area (Å²) >= 11 is 0. The van der Waals surface area contributed by atoms with Crippen LogP contribution in [0.2, 0.25) is 0 Å². The van der Waals surface area contributed by atoms with Crippen LogP contribution in [0.3, 0.4) is 0 Å². The molecule has 0 saturated heterocycles. The van der Waals surface area contributed by atoms with Crippen LogP contribution in [0.5, 0.6) is 5.75 Å². The molecule has 0 spiro atoms. The maximum absolute atomic E-state index is 9.70. The summed E-state index contributed by atoms with van der Waals surface area (Å²) in [7, 11) is 0. The van der Waals surface area contributed by atoms with E-state index in [0.29, 0.717) is 6.54 Å². The molecule has 0 aliphatic heterocycles. The summed E-state index contributed by atoms with van der Waals surface area (Å²) in [5.74, 6) is 0.765. The number of benzene rings is 1. The number of hydrogen-bond donors (Lipinski definition) is 2. The fraction of sp³-hybridized carbons (Fsp3) is 0.571. The van der Waals surface area contributed by atoms with Crippen LogP contribution < -0.4 is 10.5 Å². The number of aliphatic hydroxyl groups is 1. The van der Waals surface area contributed by atoms with Crippen molar-refractivity contribution in [3.05, 3.63) is 29.3 Å². The summed E-state index contributed by atoms with van der Waals surface area (Å²) in [6, 6.07) is 5.85. The zero-order chi connectivity index (χ0) is 13.5. The van der Waals surface area contributed by atoms with Gasteiger partial charge >= 0.3 is 0 Å². The first-order valence-corrected chi connectivity index (χ1v) is 6.25. The minimum absolute atomic E-state index is 0.113. The van der Waals surface area contributed by atoms with Gasteiger partial charge in [0.2, 0.25) is 0 Å². The number of aryl methyl sites for hydroxylation is 1. The van der Waals surface area contributed by atoms with Gasteiger partial charge in [0.1, 0.15) is 18.5 Å². The van der Waals surface area contributed by atoms with Crippen molar-refractivity contribution in [2.45, 2.75) is 39.5 Å². The quantitative estimate of drug-likeness (QED) is 0.775.